The number of hydrogen-bond donors (Lipinski definition) is 3. The minimum Gasteiger partial charge on any atom is -0.504 e. The van der Waals surface area contributed by atoms with Crippen molar-refractivity contribution >= 4 is 5.78 Å². The van der Waals surface area contributed by atoms with Crippen LogP contribution in [-0.2, 0) is 0 Å². The maximum atomic E-state index is 12.3. The molecule has 0 heterocycles. The minimum absolute atomic E-state index is 0.192. The van der Waals surface area contributed by atoms with Crippen LogP contribution in [0.5, 0.6) is 23.0 Å². The standard InChI is InChI=1S/C17H18O5/c1-17(2,3)22-16-12(18)9-11(14(20)15(16)21)13(19)10-7-5-4-6-8-10/h4-9,18,20-21H,1-3H3. The van der Waals surface area contributed by atoms with Gasteiger partial charge in [0.2, 0.25) is 11.5 Å². The molecule has 0 spiro atoms. The number of ketones is 1. The Balaban J connectivity index is 2.50. The van der Waals surface area contributed by atoms with Crippen molar-refractivity contribution in [3.63, 3.8) is 0 Å². The van der Waals surface area contributed by atoms with Gasteiger partial charge < -0.3 is 20.1 Å². The van der Waals surface area contributed by atoms with E-state index in [0.29, 0.717) is 5.56 Å². The third kappa shape index (κ3) is 3.14. The molecule has 0 saturated carbocycles. The lowest BCUT2D eigenvalue weighted by molar-refractivity contribution is 0.103. The summed E-state index contributed by atoms with van der Waals surface area (Å²) >= 11 is 0. The third-order valence-electron chi connectivity index (χ3n) is 2.90. The van der Waals surface area contributed by atoms with E-state index >= 15 is 0 Å². The van der Waals surface area contributed by atoms with Gasteiger partial charge >= 0.3 is 0 Å². The maximum Gasteiger partial charge on any atom is 0.207 e. The average molecular weight is 302 g/mol. The molecule has 0 fully saturated rings. The van der Waals surface area contributed by atoms with Crippen LogP contribution in [0.15, 0.2) is 36.4 Å². The lowest BCUT2D eigenvalue weighted by Crippen LogP contribution is -2.23. The Hall–Kier alpha value is -2.69. The van der Waals surface area contributed by atoms with Crippen LogP contribution in [0.3, 0.4) is 0 Å². The van der Waals surface area contributed by atoms with Gasteiger partial charge in [0.1, 0.15) is 5.60 Å². The van der Waals surface area contributed by atoms with Crippen LogP contribution in [-0.4, -0.2) is 26.7 Å². The Bertz CT molecular complexity index is 699. The molecule has 5 heteroatoms. The molecule has 0 unspecified atom stereocenters. The van der Waals surface area contributed by atoms with E-state index in [1.165, 1.54) is 0 Å². The second kappa shape index (κ2) is 5.60. The molecule has 2 rings (SSSR count). The van der Waals surface area contributed by atoms with Gasteiger partial charge in [-0.2, -0.15) is 0 Å². The second-order valence-corrected chi connectivity index (χ2v) is 5.88. The smallest absolute Gasteiger partial charge is 0.207 e. The molecule has 3 N–H and O–H groups in total. The molecule has 0 atom stereocenters. The van der Waals surface area contributed by atoms with Gasteiger partial charge in [0, 0.05) is 5.56 Å². The van der Waals surface area contributed by atoms with E-state index in [0.717, 1.165) is 6.07 Å². The normalized spacial score (nSPS) is 11.2. The maximum absolute atomic E-state index is 12.3. The van der Waals surface area contributed by atoms with E-state index in [1.54, 1.807) is 51.1 Å². The van der Waals surface area contributed by atoms with Crippen molar-refractivity contribution in [3.8, 4) is 23.0 Å². The van der Waals surface area contributed by atoms with Crippen molar-refractivity contribution < 1.29 is 24.9 Å². The molecule has 22 heavy (non-hydrogen) atoms. The number of rotatable bonds is 3. The Morgan fingerprint density at radius 1 is 1.00 bits per heavy atom. The first kappa shape index (κ1) is 15.7. The first-order valence-corrected chi connectivity index (χ1v) is 6.77. The third-order valence-corrected chi connectivity index (χ3v) is 2.90. The summed E-state index contributed by atoms with van der Waals surface area (Å²) in [4.78, 5) is 12.3. The number of carbonyl (C=O) groups is 1. The highest BCUT2D eigenvalue weighted by atomic mass is 16.5. The number of benzene rings is 2. The molecule has 116 valence electrons. The number of phenolic OH excluding ortho intramolecular Hbond substituents is 3. The van der Waals surface area contributed by atoms with E-state index in [-0.39, 0.29) is 11.3 Å². The molecule has 0 aliphatic rings. The van der Waals surface area contributed by atoms with E-state index in [9.17, 15) is 20.1 Å². The molecule has 0 aromatic heterocycles. The van der Waals surface area contributed by atoms with Crippen LogP contribution in [0.1, 0.15) is 36.7 Å². The molecule has 0 amide bonds. The summed E-state index contributed by atoms with van der Waals surface area (Å²) in [5, 5.41) is 30.1. The quantitative estimate of drug-likeness (QED) is 0.460. The Kier molecular flexibility index (Phi) is 3.99. The van der Waals surface area contributed by atoms with Gasteiger partial charge in [0.15, 0.2) is 17.3 Å². The molecule has 0 aliphatic carbocycles. The highest BCUT2D eigenvalue weighted by Gasteiger charge is 2.26. The lowest BCUT2D eigenvalue weighted by atomic mass is 10.0. The van der Waals surface area contributed by atoms with Crippen LogP contribution in [0.25, 0.3) is 0 Å². The summed E-state index contributed by atoms with van der Waals surface area (Å²) in [6.45, 7) is 5.18. The monoisotopic (exact) mass is 302 g/mol. The van der Waals surface area contributed by atoms with Crippen LogP contribution in [0.2, 0.25) is 0 Å². The largest absolute Gasteiger partial charge is 0.504 e. The van der Waals surface area contributed by atoms with Crippen LogP contribution in [0, 0.1) is 0 Å². The highest BCUT2D eigenvalue weighted by molar-refractivity contribution is 6.11. The van der Waals surface area contributed by atoms with Crippen molar-refractivity contribution in [1.82, 2.24) is 0 Å². The Morgan fingerprint density at radius 2 is 1.59 bits per heavy atom. The fourth-order valence-corrected chi connectivity index (χ4v) is 1.95. The number of aromatic hydroxyl groups is 3. The van der Waals surface area contributed by atoms with E-state index < -0.39 is 28.6 Å². The second-order valence-electron chi connectivity index (χ2n) is 5.88. The van der Waals surface area contributed by atoms with E-state index in [1.807, 2.05) is 0 Å². The molecular formula is C17H18O5. The summed E-state index contributed by atoms with van der Waals surface area (Å²) in [6, 6.07) is 9.37. The molecule has 0 saturated heterocycles. The van der Waals surface area contributed by atoms with Crippen molar-refractivity contribution in [2.75, 3.05) is 0 Å². The average Bonchev–Trinajstić information content (AvgIpc) is 2.46. The summed E-state index contributed by atoms with van der Waals surface area (Å²) in [5.74, 6) is -2.45. The van der Waals surface area contributed by atoms with Gasteiger partial charge in [-0.05, 0) is 26.8 Å². The zero-order chi connectivity index (χ0) is 16.5. The molecule has 0 aliphatic heterocycles. The van der Waals surface area contributed by atoms with Crippen molar-refractivity contribution in [3.05, 3.63) is 47.5 Å². The van der Waals surface area contributed by atoms with E-state index in [4.69, 9.17) is 4.74 Å². The molecule has 0 radical (unpaired) electrons. The topological polar surface area (TPSA) is 87.0 Å². The SMILES string of the molecule is CC(C)(C)Oc1c(O)cc(C(=O)c2ccccc2)c(O)c1O. The van der Waals surface area contributed by atoms with Crippen LogP contribution < -0.4 is 4.74 Å². The van der Waals surface area contributed by atoms with Crippen molar-refractivity contribution in [1.29, 1.82) is 0 Å². The minimum atomic E-state index is -0.688. The molecule has 0 bridgehead atoms. The van der Waals surface area contributed by atoms with Crippen molar-refractivity contribution in [2.45, 2.75) is 26.4 Å². The number of ether oxygens (including phenoxy) is 1. The van der Waals surface area contributed by atoms with Gasteiger partial charge in [0.25, 0.3) is 0 Å². The lowest BCUT2D eigenvalue weighted by Gasteiger charge is -2.23. The van der Waals surface area contributed by atoms with E-state index in [2.05, 4.69) is 0 Å². The van der Waals surface area contributed by atoms with Gasteiger partial charge in [-0.3, -0.25) is 4.79 Å². The summed E-state index contributed by atoms with van der Waals surface area (Å²) in [5.41, 5.74) is -0.546. The highest BCUT2D eigenvalue weighted by Crippen LogP contribution is 2.46. The van der Waals surface area contributed by atoms with Crippen molar-refractivity contribution in [2.24, 2.45) is 0 Å². The zero-order valence-electron chi connectivity index (χ0n) is 12.6. The predicted molar refractivity (Wildman–Crippen MR) is 81.7 cm³/mol. The summed E-state index contributed by atoms with van der Waals surface area (Å²) < 4.78 is 5.41. The van der Waals surface area contributed by atoms with Gasteiger partial charge in [-0.25, -0.2) is 0 Å². The fourth-order valence-electron chi connectivity index (χ4n) is 1.95. The fraction of sp³-hybridized carbons (Fsp3) is 0.235. The Morgan fingerprint density at radius 3 is 2.14 bits per heavy atom. The van der Waals surface area contributed by atoms with Crippen LogP contribution >= 0.6 is 0 Å². The molecular weight excluding hydrogens is 284 g/mol. The van der Waals surface area contributed by atoms with Gasteiger partial charge in [-0.1, -0.05) is 30.3 Å². The first-order valence-electron chi connectivity index (χ1n) is 6.77. The summed E-state index contributed by atoms with van der Waals surface area (Å²) in [6.07, 6.45) is 0. The number of carbonyl (C=O) groups excluding carboxylic acids is 1. The number of hydrogen-bond acceptors (Lipinski definition) is 5. The van der Waals surface area contributed by atoms with Gasteiger partial charge in [-0.15, -0.1) is 0 Å². The molecule has 2 aromatic carbocycles. The number of phenols is 3. The first-order chi connectivity index (χ1) is 10.2. The van der Waals surface area contributed by atoms with Crippen LogP contribution in [0.4, 0.5) is 0 Å². The zero-order valence-corrected chi connectivity index (χ0v) is 12.6. The van der Waals surface area contributed by atoms with Gasteiger partial charge in [0.05, 0.1) is 5.56 Å². The molecule has 5 nitrogen and oxygen atoms in total. The molecule has 2 aromatic rings. The predicted octanol–water partition coefficient (Wildman–Crippen LogP) is 3.21. The summed E-state index contributed by atoms with van der Waals surface area (Å²) in [7, 11) is 0. The Labute approximate surface area is 128 Å².